The van der Waals surface area contributed by atoms with Crippen molar-refractivity contribution in [1.82, 2.24) is 0 Å². The summed E-state index contributed by atoms with van der Waals surface area (Å²) in [4.78, 5) is 38.2. The lowest BCUT2D eigenvalue weighted by Gasteiger charge is -2.37. The molecule has 30 heavy (non-hydrogen) atoms. The Morgan fingerprint density at radius 2 is 1.23 bits per heavy atom. The van der Waals surface area contributed by atoms with E-state index in [4.69, 9.17) is 32.7 Å². The third-order valence-corrected chi connectivity index (χ3v) is 3.86. The fourth-order valence-corrected chi connectivity index (χ4v) is 2.97. The molecule has 0 radical (unpaired) electrons. The van der Waals surface area contributed by atoms with Crippen LogP contribution in [0.4, 0.5) is 15.3 Å². The number of carbonyl (C=O) groups excluding carboxylic acids is 3. The molecule has 1 amide bonds. The fourth-order valence-electron chi connectivity index (χ4n) is 2.31. The molecule has 7 nitrogen and oxygen atoms in total. The van der Waals surface area contributed by atoms with Crippen molar-refractivity contribution in [3.63, 3.8) is 0 Å². The Morgan fingerprint density at radius 1 is 0.800 bits per heavy atom. The number of rotatable bonds is 2. The third kappa shape index (κ3) is 7.69. The van der Waals surface area contributed by atoms with Crippen molar-refractivity contribution in [3.8, 4) is 0 Å². The molecule has 0 aliphatic carbocycles. The van der Waals surface area contributed by atoms with Gasteiger partial charge in [0.25, 0.3) is 0 Å². The van der Waals surface area contributed by atoms with E-state index < -0.39 is 35.0 Å². The molecule has 0 atom stereocenters. The van der Waals surface area contributed by atoms with Gasteiger partial charge in [-0.2, -0.15) is 0 Å². The molecule has 1 aromatic carbocycles. The van der Waals surface area contributed by atoms with Gasteiger partial charge in [0.15, 0.2) is 0 Å². The maximum atomic E-state index is 12.8. The minimum absolute atomic E-state index is 0.0134. The lowest BCUT2D eigenvalue weighted by molar-refractivity contribution is -0.00158. The molecule has 0 spiro atoms. The number of carbonyl (C=O) groups is 3. The van der Waals surface area contributed by atoms with Gasteiger partial charge in [0.05, 0.1) is 21.3 Å². The highest BCUT2D eigenvalue weighted by atomic mass is 35.5. The molecule has 0 saturated heterocycles. The first-order chi connectivity index (χ1) is 13.3. The second kappa shape index (κ2) is 9.02. The van der Waals surface area contributed by atoms with Gasteiger partial charge in [0, 0.05) is 5.54 Å². The predicted molar refractivity (Wildman–Crippen MR) is 117 cm³/mol. The highest BCUT2D eigenvalue weighted by Crippen LogP contribution is 2.39. The van der Waals surface area contributed by atoms with Crippen LogP contribution in [0.25, 0.3) is 0 Å². The lowest BCUT2D eigenvalue weighted by Crippen LogP contribution is -2.48. The number of hydrogen-bond acceptors (Lipinski definition) is 6. The summed E-state index contributed by atoms with van der Waals surface area (Å²) >= 11 is 12.8. The lowest BCUT2D eigenvalue weighted by atomic mass is 10.0. The van der Waals surface area contributed by atoms with Crippen LogP contribution >= 0.6 is 23.2 Å². The number of benzene rings is 1. The Balaban J connectivity index is 3.29. The van der Waals surface area contributed by atoms with Crippen LogP contribution in [-0.4, -0.2) is 35.0 Å². The van der Waals surface area contributed by atoms with Crippen LogP contribution in [0.2, 0.25) is 10.0 Å². The standard InChI is InChI=1S/C21H29Cl2NO6/c1-19(2,3)24(17(26)29-20(4,5)6)15-13(22)10-12(11-14(15)23)16(25)28-18(27)30-21(7,8)9/h10-11H,1-9H3. The summed E-state index contributed by atoms with van der Waals surface area (Å²) in [6.45, 7) is 15.5. The van der Waals surface area contributed by atoms with Gasteiger partial charge in [0.1, 0.15) is 11.2 Å². The molecule has 9 heteroatoms. The molecule has 1 rings (SSSR count). The minimum Gasteiger partial charge on any atom is -0.443 e. The van der Waals surface area contributed by atoms with E-state index in [0.717, 1.165) is 0 Å². The third-order valence-electron chi connectivity index (χ3n) is 3.29. The smallest absolute Gasteiger partial charge is 0.443 e. The van der Waals surface area contributed by atoms with Crippen LogP contribution in [0.15, 0.2) is 12.1 Å². The quantitative estimate of drug-likeness (QED) is 0.363. The first-order valence-corrected chi connectivity index (χ1v) is 10.0. The number of halogens is 2. The van der Waals surface area contributed by atoms with E-state index in [1.807, 2.05) is 0 Å². The van der Waals surface area contributed by atoms with Crippen LogP contribution in [0.3, 0.4) is 0 Å². The van der Waals surface area contributed by atoms with E-state index in [1.54, 1.807) is 62.3 Å². The first-order valence-electron chi connectivity index (χ1n) is 9.29. The van der Waals surface area contributed by atoms with E-state index >= 15 is 0 Å². The fraction of sp³-hybridized carbons (Fsp3) is 0.571. The predicted octanol–water partition coefficient (Wildman–Crippen LogP) is 6.63. The Morgan fingerprint density at radius 3 is 1.60 bits per heavy atom. The van der Waals surface area contributed by atoms with Crippen LogP contribution in [0.5, 0.6) is 0 Å². The zero-order valence-electron chi connectivity index (χ0n) is 18.8. The number of hydrogen-bond donors (Lipinski definition) is 0. The highest BCUT2D eigenvalue weighted by molar-refractivity contribution is 6.40. The average molecular weight is 462 g/mol. The van der Waals surface area contributed by atoms with Gasteiger partial charge >= 0.3 is 18.2 Å². The van der Waals surface area contributed by atoms with Crippen molar-refractivity contribution in [2.24, 2.45) is 0 Å². The zero-order chi connectivity index (χ0) is 23.7. The molecule has 0 aliphatic heterocycles. The van der Waals surface area contributed by atoms with E-state index in [2.05, 4.69) is 4.74 Å². The molecule has 0 saturated carbocycles. The summed E-state index contributed by atoms with van der Waals surface area (Å²) in [5.74, 6) is -0.987. The average Bonchev–Trinajstić information content (AvgIpc) is 2.44. The van der Waals surface area contributed by atoms with Crippen LogP contribution in [0.1, 0.15) is 72.7 Å². The van der Waals surface area contributed by atoms with Crippen molar-refractivity contribution in [2.75, 3.05) is 4.90 Å². The summed E-state index contributed by atoms with van der Waals surface area (Å²) in [6.07, 6.45) is -1.79. The molecular formula is C21H29Cl2NO6. The molecule has 0 fully saturated rings. The second-order valence-electron chi connectivity index (χ2n) is 9.63. The van der Waals surface area contributed by atoms with Gasteiger partial charge in [0.2, 0.25) is 0 Å². The van der Waals surface area contributed by atoms with Crippen LogP contribution in [0, 0.1) is 0 Å². The molecule has 0 N–H and O–H groups in total. The summed E-state index contributed by atoms with van der Waals surface area (Å²) in [7, 11) is 0. The number of ether oxygens (including phenoxy) is 3. The molecule has 0 bridgehead atoms. The Labute approximate surface area is 187 Å². The van der Waals surface area contributed by atoms with Crippen molar-refractivity contribution >= 4 is 47.1 Å². The Hall–Kier alpha value is -1.99. The monoisotopic (exact) mass is 461 g/mol. The molecule has 0 aromatic heterocycles. The van der Waals surface area contributed by atoms with E-state index in [-0.39, 0.29) is 21.3 Å². The minimum atomic E-state index is -1.14. The Kier molecular flexibility index (Phi) is 7.83. The molecule has 1 aromatic rings. The normalized spacial score (nSPS) is 12.2. The summed E-state index contributed by atoms with van der Waals surface area (Å²) in [5.41, 5.74) is -2.20. The van der Waals surface area contributed by atoms with Crippen molar-refractivity contribution in [1.29, 1.82) is 0 Å². The highest BCUT2D eigenvalue weighted by Gasteiger charge is 2.35. The molecular weight excluding hydrogens is 433 g/mol. The number of esters is 1. The Bertz CT molecular complexity index is 808. The van der Waals surface area contributed by atoms with E-state index in [0.29, 0.717) is 0 Å². The van der Waals surface area contributed by atoms with Gasteiger partial charge in [-0.15, -0.1) is 0 Å². The van der Waals surface area contributed by atoms with Gasteiger partial charge in [-0.3, -0.25) is 4.90 Å². The number of amides is 1. The molecule has 0 unspecified atom stereocenters. The molecule has 168 valence electrons. The molecule has 0 heterocycles. The summed E-state index contributed by atoms with van der Waals surface area (Å²) in [6, 6.07) is 2.52. The maximum absolute atomic E-state index is 12.8. The van der Waals surface area contributed by atoms with Gasteiger partial charge in [-0.1, -0.05) is 23.2 Å². The maximum Gasteiger partial charge on any atom is 0.516 e. The molecule has 0 aliphatic rings. The number of anilines is 1. The van der Waals surface area contributed by atoms with Gasteiger partial charge in [-0.25, -0.2) is 14.4 Å². The zero-order valence-corrected chi connectivity index (χ0v) is 20.3. The number of nitrogens with zero attached hydrogens (tertiary/aromatic N) is 1. The topological polar surface area (TPSA) is 82.1 Å². The van der Waals surface area contributed by atoms with Crippen molar-refractivity contribution in [3.05, 3.63) is 27.7 Å². The van der Waals surface area contributed by atoms with Gasteiger partial charge < -0.3 is 14.2 Å². The summed E-state index contributed by atoms with van der Waals surface area (Å²) in [5, 5.41) is 0.0267. The van der Waals surface area contributed by atoms with E-state index in [1.165, 1.54) is 17.0 Å². The second-order valence-corrected chi connectivity index (χ2v) is 10.4. The van der Waals surface area contributed by atoms with Crippen molar-refractivity contribution < 1.29 is 28.6 Å². The van der Waals surface area contributed by atoms with E-state index in [9.17, 15) is 14.4 Å². The van der Waals surface area contributed by atoms with Gasteiger partial charge in [-0.05, 0) is 74.4 Å². The van der Waals surface area contributed by atoms with Crippen molar-refractivity contribution in [2.45, 2.75) is 79.1 Å². The van der Waals surface area contributed by atoms with Crippen LogP contribution in [-0.2, 0) is 14.2 Å². The van der Waals surface area contributed by atoms with Crippen LogP contribution < -0.4 is 4.90 Å². The first kappa shape index (κ1) is 26.0. The largest absolute Gasteiger partial charge is 0.516 e. The summed E-state index contributed by atoms with van der Waals surface area (Å²) < 4.78 is 15.1. The SMILES string of the molecule is CC(C)(C)OC(=O)OC(=O)c1cc(Cl)c(N(C(=O)OC(C)(C)C)C(C)(C)C)c(Cl)c1.